The fraction of sp³-hybridized carbons (Fsp3) is 0.520. The molecule has 0 N–H and O–H groups in total. The van der Waals surface area contributed by atoms with Gasteiger partial charge in [-0.05, 0) is 30.5 Å². The second-order valence-electron chi connectivity index (χ2n) is 9.86. The van der Waals surface area contributed by atoms with Crippen molar-refractivity contribution < 1.29 is 23.6 Å². The van der Waals surface area contributed by atoms with Gasteiger partial charge in [-0.1, -0.05) is 37.3 Å². The normalized spacial score (nSPS) is 21.9. The van der Waals surface area contributed by atoms with Crippen molar-refractivity contribution in [1.29, 1.82) is 0 Å². The number of rotatable bonds is 10. The van der Waals surface area contributed by atoms with Gasteiger partial charge >= 0.3 is 5.97 Å². The Hall–Kier alpha value is -2.52. The molecule has 0 unspecified atom stereocenters. The molecule has 2 aromatic heterocycles. The Morgan fingerprint density at radius 2 is 1.97 bits per heavy atom. The lowest BCUT2D eigenvalue weighted by Gasteiger charge is -2.22. The van der Waals surface area contributed by atoms with Crippen LogP contribution in [0, 0.1) is 5.92 Å². The van der Waals surface area contributed by atoms with Crippen LogP contribution in [-0.2, 0) is 30.1 Å². The van der Waals surface area contributed by atoms with Gasteiger partial charge in [0.25, 0.3) is 0 Å². The number of hydrogen-bond acceptors (Lipinski definition) is 9. The molecule has 0 bridgehead atoms. The third kappa shape index (κ3) is 6.68. The van der Waals surface area contributed by atoms with Crippen molar-refractivity contribution in [1.82, 2.24) is 19.7 Å². The van der Waals surface area contributed by atoms with Gasteiger partial charge in [-0.2, -0.15) is 15.1 Å². The van der Waals surface area contributed by atoms with E-state index in [0.29, 0.717) is 36.2 Å². The molecule has 0 radical (unpaired) electrons. The number of carbonyl (C=O) groups is 1. The summed E-state index contributed by atoms with van der Waals surface area (Å²) in [5.41, 5.74) is 1.59. The van der Waals surface area contributed by atoms with E-state index in [1.54, 1.807) is 24.2 Å². The van der Waals surface area contributed by atoms with Crippen LogP contribution in [0.1, 0.15) is 25.6 Å². The summed E-state index contributed by atoms with van der Waals surface area (Å²) in [5.74, 6) is 0.0293. The number of benzene rings is 1. The van der Waals surface area contributed by atoms with Gasteiger partial charge in [-0.25, -0.2) is 4.68 Å². The number of nitrogens with zero attached hydrogens (tertiary/aromatic N) is 5. The zero-order chi connectivity index (χ0) is 26.7. The highest BCUT2D eigenvalue weighted by molar-refractivity contribution is 7.62. The van der Waals surface area contributed by atoms with E-state index in [9.17, 15) is 9.36 Å². The van der Waals surface area contributed by atoms with Crippen LogP contribution >= 0.6 is 18.7 Å². The van der Waals surface area contributed by atoms with Gasteiger partial charge in [0.05, 0.1) is 38.0 Å². The van der Waals surface area contributed by atoms with Gasteiger partial charge in [-0.15, -0.1) is 0 Å². The van der Waals surface area contributed by atoms with Gasteiger partial charge in [0.1, 0.15) is 5.82 Å². The first kappa shape index (κ1) is 27.5. The van der Waals surface area contributed by atoms with Gasteiger partial charge in [0, 0.05) is 32.6 Å². The standard InChI is InChI=1S/C25H33ClN5O5P/c1-16-20(15-34-11-12-37(4,5)33)36-24(21(16)35-17(2)32)31-23-19(13-27-31)22(28-25(26)29-23)30(3)14-18-9-7-6-8-10-18/h6-10,13,16,20-21,24H,11-12,14-15H2,1-5H3/t16-,20-,21-,24-/m1/s1. The Morgan fingerprint density at radius 3 is 2.65 bits per heavy atom. The number of halogens is 1. The van der Waals surface area contributed by atoms with E-state index >= 15 is 0 Å². The summed E-state index contributed by atoms with van der Waals surface area (Å²) in [6, 6.07) is 10.0. The summed E-state index contributed by atoms with van der Waals surface area (Å²) < 4.78 is 31.3. The highest BCUT2D eigenvalue weighted by Gasteiger charge is 2.46. The van der Waals surface area contributed by atoms with Crippen molar-refractivity contribution in [2.24, 2.45) is 5.92 Å². The smallest absolute Gasteiger partial charge is 0.303 e. The molecule has 0 aliphatic carbocycles. The number of carbonyl (C=O) groups excluding carboxylic acids is 1. The largest absolute Gasteiger partial charge is 0.457 e. The van der Waals surface area contributed by atoms with E-state index in [0.717, 1.165) is 5.56 Å². The van der Waals surface area contributed by atoms with Crippen LogP contribution in [0.15, 0.2) is 36.5 Å². The molecule has 4 rings (SSSR count). The average molecular weight is 550 g/mol. The van der Waals surface area contributed by atoms with Crippen LogP contribution < -0.4 is 4.90 Å². The molecular weight excluding hydrogens is 517 g/mol. The number of ether oxygens (including phenoxy) is 3. The fourth-order valence-electron chi connectivity index (χ4n) is 4.37. The summed E-state index contributed by atoms with van der Waals surface area (Å²) in [6.07, 6.45) is 0.456. The Kier molecular flexibility index (Phi) is 8.53. The molecule has 0 saturated carbocycles. The molecule has 3 heterocycles. The minimum absolute atomic E-state index is 0.0719. The third-order valence-electron chi connectivity index (χ3n) is 6.33. The maximum absolute atomic E-state index is 12.0. The van der Waals surface area contributed by atoms with Gasteiger partial charge in [0.15, 0.2) is 18.0 Å². The molecule has 1 aromatic carbocycles. The maximum atomic E-state index is 12.0. The predicted molar refractivity (Wildman–Crippen MR) is 143 cm³/mol. The molecule has 200 valence electrons. The molecule has 1 aliphatic rings. The Balaban J connectivity index is 1.61. The molecule has 3 aromatic rings. The number of hydrogen-bond donors (Lipinski definition) is 0. The van der Waals surface area contributed by atoms with E-state index < -0.39 is 25.4 Å². The van der Waals surface area contributed by atoms with Crippen LogP contribution in [0.25, 0.3) is 11.0 Å². The lowest BCUT2D eigenvalue weighted by Crippen LogP contribution is -2.31. The van der Waals surface area contributed by atoms with Crippen molar-refractivity contribution in [3.63, 3.8) is 0 Å². The predicted octanol–water partition coefficient (Wildman–Crippen LogP) is 4.22. The molecule has 37 heavy (non-hydrogen) atoms. The molecule has 1 aliphatic heterocycles. The van der Waals surface area contributed by atoms with Crippen molar-refractivity contribution in [2.45, 2.75) is 38.8 Å². The Bertz CT molecular complexity index is 1280. The molecule has 0 amide bonds. The van der Waals surface area contributed by atoms with Crippen molar-refractivity contribution in [2.75, 3.05) is 44.7 Å². The van der Waals surface area contributed by atoms with E-state index in [-0.39, 0.29) is 23.9 Å². The molecular formula is C25H33ClN5O5P. The summed E-state index contributed by atoms with van der Waals surface area (Å²) in [7, 11) is -0.245. The zero-order valence-electron chi connectivity index (χ0n) is 21.7. The van der Waals surface area contributed by atoms with Gasteiger partial charge in [-0.3, -0.25) is 4.79 Å². The topological polar surface area (TPSA) is 109 Å². The second-order valence-corrected chi connectivity index (χ2v) is 13.8. The lowest BCUT2D eigenvalue weighted by atomic mass is 10.0. The summed E-state index contributed by atoms with van der Waals surface area (Å²) in [6.45, 7) is 8.03. The maximum Gasteiger partial charge on any atom is 0.303 e. The average Bonchev–Trinajstić information content (AvgIpc) is 3.37. The van der Waals surface area contributed by atoms with Crippen LogP contribution in [-0.4, -0.2) is 77.7 Å². The van der Waals surface area contributed by atoms with Crippen LogP contribution in [0.3, 0.4) is 0 Å². The van der Waals surface area contributed by atoms with E-state index in [1.165, 1.54) is 6.92 Å². The number of aromatic nitrogens is 4. The summed E-state index contributed by atoms with van der Waals surface area (Å²) in [4.78, 5) is 22.8. The first-order chi connectivity index (χ1) is 17.5. The number of esters is 1. The number of fused-ring (bicyclic) bond motifs is 1. The van der Waals surface area contributed by atoms with E-state index in [2.05, 4.69) is 15.1 Å². The molecule has 1 fully saturated rings. The molecule has 4 atom stereocenters. The van der Waals surface area contributed by atoms with Crippen molar-refractivity contribution >= 4 is 41.6 Å². The van der Waals surface area contributed by atoms with E-state index in [4.69, 9.17) is 25.8 Å². The summed E-state index contributed by atoms with van der Waals surface area (Å²) >= 11 is 6.35. The molecule has 1 saturated heterocycles. The minimum atomic E-state index is -2.17. The second kappa shape index (κ2) is 11.5. The zero-order valence-corrected chi connectivity index (χ0v) is 23.4. The first-order valence-electron chi connectivity index (χ1n) is 12.1. The fourth-order valence-corrected chi connectivity index (χ4v) is 5.10. The molecule has 0 spiro atoms. The monoisotopic (exact) mass is 549 g/mol. The highest BCUT2D eigenvalue weighted by Crippen LogP contribution is 2.39. The number of anilines is 1. The lowest BCUT2D eigenvalue weighted by molar-refractivity contribution is -0.154. The van der Waals surface area contributed by atoms with E-state index in [1.807, 2.05) is 49.2 Å². The van der Waals surface area contributed by atoms with Crippen LogP contribution in [0.4, 0.5) is 5.82 Å². The van der Waals surface area contributed by atoms with Gasteiger partial charge in [0.2, 0.25) is 5.28 Å². The highest BCUT2D eigenvalue weighted by atomic mass is 35.5. The van der Waals surface area contributed by atoms with Crippen LogP contribution in [0.5, 0.6) is 0 Å². The van der Waals surface area contributed by atoms with Crippen molar-refractivity contribution in [3.05, 3.63) is 47.4 Å². The Labute approximate surface area is 221 Å². The van der Waals surface area contributed by atoms with Crippen LogP contribution in [0.2, 0.25) is 5.28 Å². The van der Waals surface area contributed by atoms with Gasteiger partial charge < -0.3 is 23.7 Å². The minimum Gasteiger partial charge on any atom is -0.457 e. The third-order valence-corrected chi connectivity index (χ3v) is 7.76. The molecule has 10 nitrogen and oxygen atoms in total. The SMILES string of the molecule is CC(=O)O[C@@H]1[C@H](C)[C@@H](COCCP(C)(C)=O)O[C@H]1n1ncc2c(N(C)Cc3ccccc3)nc(Cl)nc21. The molecule has 12 heteroatoms. The first-order valence-corrected chi connectivity index (χ1v) is 15.3. The Morgan fingerprint density at radius 1 is 1.24 bits per heavy atom. The summed E-state index contributed by atoms with van der Waals surface area (Å²) in [5, 5.41) is 5.33. The van der Waals surface area contributed by atoms with Crippen molar-refractivity contribution in [3.8, 4) is 0 Å². The quantitative estimate of drug-likeness (QED) is 0.159.